The highest BCUT2D eigenvalue weighted by molar-refractivity contribution is 6.46. The van der Waals surface area contributed by atoms with Crippen LogP contribution in [-0.2, 0) is 16.0 Å². The molecule has 1 atom stereocenters. The van der Waals surface area contributed by atoms with Gasteiger partial charge in [-0.25, -0.2) is 0 Å². The molecule has 0 aliphatic carbocycles. The van der Waals surface area contributed by atoms with Gasteiger partial charge < -0.3 is 15.0 Å². The van der Waals surface area contributed by atoms with Crippen molar-refractivity contribution in [2.45, 2.75) is 39.2 Å². The first-order chi connectivity index (χ1) is 17.3. The van der Waals surface area contributed by atoms with Gasteiger partial charge in [-0.15, -0.1) is 0 Å². The number of nitrogens with zero attached hydrogens (tertiary/aromatic N) is 1. The van der Waals surface area contributed by atoms with Crippen molar-refractivity contribution in [3.05, 3.63) is 112 Å². The van der Waals surface area contributed by atoms with E-state index >= 15 is 0 Å². The first kappa shape index (κ1) is 23.6. The summed E-state index contributed by atoms with van der Waals surface area (Å²) < 4.78 is 0. The molecule has 5 rings (SSSR count). The summed E-state index contributed by atoms with van der Waals surface area (Å²) >= 11 is 0. The number of ketones is 1. The minimum Gasteiger partial charge on any atom is -0.507 e. The van der Waals surface area contributed by atoms with Crippen molar-refractivity contribution in [1.29, 1.82) is 0 Å². The highest BCUT2D eigenvalue weighted by Gasteiger charge is 2.45. The number of aromatic amines is 1. The number of hydrogen-bond donors (Lipinski definition) is 2. The number of nitrogens with one attached hydrogen (secondary N) is 1. The first-order valence-electron chi connectivity index (χ1n) is 12.4. The normalized spacial score (nSPS) is 17.4. The van der Waals surface area contributed by atoms with Crippen molar-refractivity contribution in [2.24, 2.45) is 0 Å². The topological polar surface area (TPSA) is 73.4 Å². The van der Waals surface area contributed by atoms with E-state index < -0.39 is 17.7 Å². The van der Waals surface area contributed by atoms with E-state index in [0.29, 0.717) is 24.4 Å². The maximum absolute atomic E-state index is 13.3. The molecule has 1 aliphatic heterocycles. The lowest BCUT2D eigenvalue weighted by Gasteiger charge is -2.25. The number of amides is 1. The van der Waals surface area contributed by atoms with Gasteiger partial charge in [0.2, 0.25) is 0 Å². The zero-order valence-corrected chi connectivity index (χ0v) is 20.8. The summed E-state index contributed by atoms with van der Waals surface area (Å²) in [6.45, 7) is 6.57. The lowest BCUT2D eigenvalue weighted by atomic mass is 9.93. The van der Waals surface area contributed by atoms with E-state index in [4.69, 9.17) is 0 Å². The van der Waals surface area contributed by atoms with Crippen LogP contribution >= 0.6 is 0 Å². The Hall–Kier alpha value is -4.12. The Morgan fingerprint density at radius 1 is 0.972 bits per heavy atom. The van der Waals surface area contributed by atoms with Crippen molar-refractivity contribution < 1.29 is 14.7 Å². The second-order valence-electron chi connectivity index (χ2n) is 9.79. The van der Waals surface area contributed by atoms with Gasteiger partial charge >= 0.3 is 0 Å². The van der Waals surface area contributed by atoms with Crippen LogP contribution in [0.4, 0.5) is 0 Å². The Bertz CT molecular complexity index is 1460. The maximum Gasteiger partial charge on any atom is 0.295 e. The van der Waals surface area contributed by atoms with Crippen LogP contribution in [0, 0.1) is 6.92 Å². The molecule has 1 amide bonds. The molecule has 0 bridgehead atoms. The van der Waals surface area contributed by atoms with Gasteiger partial charge in [-0.05, 0) is 42.0 Å². The Labute approximate surface area is 211 Å². The molecule has 36 heavy (non-hydrogen) atoms. The van der Waals surface area contributed by atoms with E-state index in [1.54, 1.807) is 17.0 Å². The molecule has 1 aliphatic rings. The molecule has 5 heteroatoms. The zero-order valence-electron chi connectivity index (χ0n) is 20.8. The third-order valence-corrected chi connectivity index (χ3v) is 7.08. The summed E-state index contributed by atoms with van der Waals surface area (Å²) in [6.07, 6.45) is 2.54. The number of carbonyl (C=O) groups excluding carboxylic acids is 2. The predicted molar refractivity (Wildman–Crippen MR) is 143 cm³/mol. The van der Waals surface area contributed by atoms with Gasteiger partial charge in [-0.1, -0.05) is 86.1 Å². The van der Waals surface area contributed by atoms with Crippen LogP contribution in [0.25, 0.3) is 16.7 Å². The quantitative estimate of drug-likeness (QED) is 0.195. The zero-order chi connectivity index (χ0) is 25.4. The molecule has 0 radical (unpaired) electrons. The summed E-state index contributed by atoms with van der Waals surface area (Å²) in [4.78, 5) is 31.5. The summed E-state index contributed by atoms with van der Waals surface area (Å²) in [6, 6.07) is 22.7. The fourth-order valence-corrected chi connectivity index (χ4v) is 4.97. The first-order valence-corrected chi connectivity index (χ1v) is 12.4. The van der Waals surface area contributed by atoms with Crippen molar-refractivity contribution >= 4 is 28.4 Å². The number of rotatable bonds is 6. The molecular weight excluding hydrogens is 448 g/mol. The second kappa shape index (κ2) is 9.50. The number of para-hydroxylation sites is 1. The van der Waals surface area contributed by atoms with Crippen molar-refractivity contribution in [3.8, 4) is 0 Å². The molecule has 0 saturated carbocycles. The van der Waals surface area contributed by atoms with E-state index in [2.05, 4.69) is 24.9 Å². The van der Waals surface area contributed by atoms with Gasteiger partial charge in [0.25, 0.3) is 11.7 Å². The third-order valence-electron chi connectivity index (χ3n) is 7.08. The molecular formula is C31H30N2O3. The van der Waals surface area contributed by atoms with Crippen LogP contribution in [-0.4, -0.2) is 33.2 Å². The smallest absolute Gasteiger partial charge is 0.295 e. The van der Waals surface area contributed by atoms with E-state index in [1.165, 1.54) is 5.56 Å². The van der Waals surface area contributed by atoms with Crippen molar-refractivity contribution in [2.75, 3.05) is 6.54 Å². The number of hydrogen-bond acceptors (Lipinski definition) is 3. The summed E-state index contributed by atoms with van der Waals surface area (Å²) in [5, 5.41) is 12.4. The molecule has 182 valence electrons. The molecule has 0 spiro atoms. The van der Waals surface area contributed by atoms with Gasteiger partial charge in [0.15, 0.2) is 0 Å². The summed E-state index contributed by atoms with van der Waals surface area (Å²) in [7, 11) is 0. The molecule has 2 heterocycles. The molecule has 4 aromatic rings. The van der Waals surface area contributed by atoms with E-state index in [0.717, 1.165) is 27.6 Å². The summed E-state index contributed by atoms with van der Waals surface area (Å²) in [5.74, 6) is -1.01. The number of carbonyl (C=O) groups is 2. The molecule has 0 unspecified atom stereocenters. The largest absolute Gasteiger partial charge is 0.507 e. The number of fused-ring (bicyclic) bond motifs is 1. The van der Waals surface area contributed by atoms with Gasteiger partial charge in [-0.3, -0.25) is 9.59 Å². The molecule has 1 fully saturated rings. The lowest BCUT2D eigenvalue weighted by Crippen LogP contribution is -2.31. The number of benzene rings is 3. The lowest BCUT2D eigenvalue weighted by molar-refractivity contribution is -0.139. The number of Topliss-reactive ketones (excluding diaryl/α,β-unsaturated/α-hetero) is 1. The Morgan fingerprint density at radius 3 is 2.36 bits per heavy atom. The predicted octanol–water partition coefficient (Wildman–Crippen LogP) is 6.26. The Kier molecular flexibility index (Phi) is 6.23. The van der Waals surface area contributed by atoms with E-state index in [1.807, 2.05) is 67.7 Å². The van der Waals surface area contributed by atoms with Crippen LogP contribution in [0.15, 0.2) is 84.6 Å². The standard InChI is InChI=1S/C31H30N2O3/c1-19(2)21-12-14-22(15-13-21)28-27(29(34)23-10-8-20(3)9-11-23)30(35)31(36)33(28)17-16-24-18-32-26-7-5-4-6-25(24)26/h4-15,18-19,28,32,34H,16-17H2,1-3H3/t28-/m1/s1. The number of aliphatic hydroxyl groups is 1. The van der Waals surface area contributed by atoms with Crippen molar-refractivity contribution in [1.82, 2.24) is 9.88 Å². The molecule has 2 N–H and O–H groups in total. The van der Waals surface area contributed by atoms with Crippen LogP contribution in [0.2, 0.25) is 0 Å². The van der Waals surface area contributed by atoms with Gasteiger partial charge in [0.1, 0.15) is 5.76 Å². The van der Waals surface area contributed by atoms with Crippen LogP contribution in [0.1, 0.15) is 53.6 Å². The van der Waals surface area contributed by atoms with Gasteiger partial charge in [0, 0.05) is 29.2 Å². The molecule has 5 nitrogen and oxygen atoms in total. The number of aromatic nitrogens is 1. The summed E-state index contributed by atoms with van der Waals surface area (Å²) in [5.41, 5.74) is 5.82. The average Bonchev–Trinajstić information content (AvgIpc) is 3.41. The minimum absolute atomic E-state index is 0.138. The highest BCUT2D eigenvalue weighted by atomic mass is 16.3. The van der Waals surface area contributed by atoms with Crippen molar-refractivity contribution in [3.63, 3.8) is 0 Å². The minimum atomic E-state index is -0.655. The number of aryl methyl sites for hydroxylation is 1. The average molecular weight is 479 g/mol. The van der Waals surface area contributed by atoms with Gasteiger partial charge in [0.05, 0.1) is 11.6 Å². The molecule has 1 saturated heterocycles. The van der Waals surface area contributed by atoms with Gasteiger partial charge in [-0.2, -0.15) is 0 Å². The van der Waals surface area contributed by atoms with E-state index in [-0.39, 0.29) is 11.3 Å². The van der Waals surface area contributed by atoms with E-state index in [9.17, 15) is 14.7 Å². The monoisotopic (exact) mass is 478 g/mol. The Morgan fingerprint density at radius 2 is 1.67 bits per heavy atom. The Balaban J connectivity index is 1.56. The van der Waals surface area contributed by atoms with Crippen LogP contribution in [0.3, 0.4) is 0 Å². The fraction of sp³-hybridized carbons (Fsp3) is 0.226. The maximum atomic E-state index is 13.3. The van der Waals surface area contributed by atoms with Crippen LogP contribution in [0.5, 0.6) is 0 Å². The second-order valence-corrected chi connectivity index (χ2v) is 9.79. The fourth-order valence-electron chi connectivity index (χ4n) is 4.97. The third kappa shape index (κ3) is 4.22. The highest BCUT2D eigenvalue weighted by Crippen LogP contribution is 2.40. The number of likely N-dealkylation sites (tertiary alicyclic amines) is 1. The number of aliphatic hydroxyl groups excluding tert-OH is 1. The number of H-pyrrole nitrogens is 1. The molecule has 1 aromatic heterocycles. The molecule has 3 aromatic carbocycles. The van der Waals surface area contributed by atoms with Crippen LogP contribution < -0.4 is 0 Å². The SMILES string of the molecule is Cc1ccc(C(O)=C2C(=O)C(=O)N(CCc3c[nH]c4ccccc34)[C@@H]2c2ccc(C(C)C)cc2)cc1.